The predicted molar refractivity (Wildman–Crippen MR) is 104 cm³/mol. The maximum absolute atomic E-state index is 14.4. The SMILES string of the molecule is CC1=CCN(C(=O)c2cc(C3CC3)ncc2F)C[C@H]1c1cc(C(F)F)nc2ncnn12. The number of carbonyl (C=O) groups is 1. The zero-order chi connectivity index (χ0) is 21.7. The lowest BCUT2D eigenvalue weighted by atomic mass is 9.91. The normalized spacial score (nSPS) is 19.2. The molecule has 0 spiro atoms. The molecule has 1 aliphatic carbocycles. The summed E-state index contributed by atoms with van der Waals surface area (Å²) in [4.78, 5) is 26.5. The third kappa shape index (κ3) is 3.55. The maximum atomic E-state index is 14.4. The van der Waals surface area contributed by atoms with E-state index in [0.29, 0.717) is 12.2 Å². The number of hydrogen-bond donors (Lipinski definition) is 0. The lowest BCUT2D eigenvalue weighted by molar-refractivity contribution is 0.0754. The fourth-order valence-electron chi connectivity index (χ4n) is 3.93. The molecule has 0 unspecified atom stereocenters. The topological polar surface area (TPSA) is 76.3 Å². The Labute approximate surface area is 175 Å². The van der Waals surface area contributed by atoms with E-state index in [1.54, 1.807) is 0 Å². The number of hydrogen-bond acceptors (Lipinski definition) is 5. The Morgan fingerprint density at radius 1 is 1.23 bits per heavy atom. The van der Waals surface area contributed by atoms with Gasteiger partial charge in [0.2, 0.25) is 0 Å². The van der Waals surface area contributed by atoms with E-state index >= 15 is 0 Å². The number of nitrogens with zero attached hydrogens (tertiary/aromatic N) is 6. The molecule has 4 heterocycles. The van der Waals surface area contributed by atoms with Crippen molar-refractivity contribution in [3.63, 3.8) is 0 Å². The maximum Gasteiger partial charge on any atom is 0.280 e. The van der Waals surface area contributed by atoms with Gasteiger partial charge in [0.25, 0.3) is 18.1 Å². The first-order valence-electron chi connectivity index (χ1n) is 10.0. The molecule has 3 aromatic heterocycles. The molecule has 3 aromatic rings. The molecule has 0 aromatic carbocycles. The largest absolute Gasteiger partial charge is 0.334 e. The first kappa shape index (κ1) is 19.7. The average molecular weight is 428 g/mol. The van der Waals surface area contributed by atoms with Crippen LogP contribution in [0.5, 0.6) is 0 Å². The van der Waals surface area contributed by atoms with Crippen LogP contribution in [-0.4, -0.2) is 48.5 Å². The summed E-state index contributed by atoms with van der Waals surface area (Å²) in [6.07, 6.45) is 3.40. The third-order valence-corrected chi connectivity index (χ3v) is 5.86. The summed E-state index contributed by atoms with van der Waals surface area (Å²) in [6, 6.07) is 2.83. The van der Waals surface area contributed by atoms with Crippen LogP contribution in [0.1, 0.15) is 65.5 Å². The Kier molecular flexibility index (Phi) is 4.71. The summed E-state index contributed by atoms with van der Waals surface area (Å²) >= 11 is 0. The summed E-state index contributed by atoms with van der Waals surface area (Å²) in [5.74, 6) is -1.17. The second kappa shape index (κ2) is 7.44. The first-order valence-corrected chi connectivity index (χ1v) is 10.0. The number of aromatic nitrogens is 5. The van der Waals surface area contributed by atoms with E-state index in [-0.39, 0.29) is 23.8 Å². The van der Waals surface area contributed by atoms with Crippen LogP contribution in [0.25, 0.3) is 5.78 Å². The zero-order valence-corrected chi connectivity index (χ0v) is 16.7. The molecule has 7 nitrogen and oxygen atoms in total. The van der Waals surface area contributed by atoms with Crippen LogP contribution in [0.3, 0.4) is 0 Å². The lowest BCUT2D eigenvalue weighted by Crippen LogP contribution is -2.39. The molecule has 0 N–H and O–H groups in total. The van der Waals surface area contributed by atoms with Crippen LogP contribution in [0, 0.1) is 5.82 Å². The minimum absolute atomic E-state index is 0.0162. The van der Waals surface area contributed by atoms with Gasteiger partial charge in [-0.25, -0.2) is 22.7 Å². The van der Waals surface area contributed by atoms with Gasteiger partial charge in [-0.05, 0) is 31.9 Å². The van der Waals surface area contributed by atoms with Crippen molar-refractivity contribution in [3.05, 3.63) is 64.8 Å². The van der Waals surface area contributed by atoms with Crippen LogP contribution in [0.15, 0.2) is 36.3 Å². The Morgan fingerprint density at radius 2 is 2.03 bits per heavy atom. The van der Waals surface area contributed by atoms with Crippen LogP contribution in [0.2, 0.25) is 0 Å². The predicted octanol–water partition coefficient (Wildman–Crippen LogP) is 3.66. The second-order valence-electron chi connectivity index (χ2n) is 7.95. The molecule has 1 amide bonds. The molecule has 0 bridgehead atoms. The first-order chi connectivity index (χ1) is 14.9. The lowest BCUT2D eigenvalue weighted by Gasteiger charge is -2.32. The van der Waals surface area contributed by atoms with Crippen molar-refractivity contribution in [2.75, 3.05) is 13.1 Å². The quantitative estimate of drug-likeness (QED) is 0.593. The molecule has 10 heteroatoms. The Hall–Kier alpha value is -3.30. The van der Waals surface area contributed by atoms with Gasteiger partial charge in [0.15, 0.2) is 5.82 Å². The fraction of sp³-hybridized carbons (Fsp3) is 0.381. The van der Waals surface area contributed by atoms with Crippen molar-refractivity contribution in [2.24, 2.45) is 0 Å². The van der Waals surface area contributed by atoms with Crippen LogP contribution < -0.4 is 0 Å². The number of pyridine rings is 1. The van der Waals surface area contributed by atoms with Crippen LogP contribution in [0.4, 0.5) is 13.2 Å². The Bertz CT molecular complexity index is 1200. The van der Waals surface area contributed by atoms with Crippen molar-refractivity contribution in [1.29, 1.82) is 0 Å². The highest BCUT2D eigenvalue weighted by atomic mass is 19.3. The van der Waals surface area contributed by atoms with Crippen molar-refractivity contribution in [1.82, 2.24) is 29.5 Å². The van der Waals surface area contributed by atoms with Crippen molar-refractivity contribution in [2.45, 2.75) is 38.0 Å². The number of amides is 1. The smallest absolute Gasteiger partial charge is 0.280 e. The molecule has 1 atom stereocenters. The summed E-state index contributed by atoms with van der Waals surface area (Å²) in [6.45, 7) is 2.37. The second-order valence-corrected chi connectivity index (χ2v) is 7.95. The average Bonchev–Trinajstić information content (AvgIpc) is 3.50. The van der Waals surface area contributed by atoms with Gasteiger partial charge in [-0.2, -0.15) is 10.1 Å². The number of rotatable bonds is 4. The van der Waals surface area contributed by atoms with E-state index in [1.807, 2.05) is 13.0 Å². The van der Waals surface area contributed by atoms with Gasteiger partial charge >= 0.3 is 0 Å². The molecule has 31 heavy (non-hydrogen) atoms. The number of halogens is 3. The van der Waals surface area contributed by atoms with Gasteiger partial charge in [0.05, 0.1) is 17.5 Å². The van der Waals surface area contributed by atoms with E-state index < -0.39 is 29.8 Å². The summed E-state index contributed by atoms with van der Waals surface area (Å²) in [5, 5.41) is 4.11. The van der Waals surface area contributed by atoms with E-state index in [4.69, 9.17) is 0 Å². The van der Waals surface area contributed by atoms with E-state index in [0.717, 1.165) is 30.3 Å². The number of alkyl halides is 2. The van der Waals surface area contributed by atoms with Gasteiger partial charge in [0, 0.05) is 30.6 Å². The minimum atomic E-state index is -2.77. The molecular formula is C21H19F3N6O. The van der Waals surface area contributed by atoms with Gasteiger partial charge < -0.3 is 4.90 Å². The van der Waals surface area contributed by atoms with Crippen molar-refractivity contribution in [3.8, 4) is 0 Å². The third-order valence-electron chi connectivity index (χ3n) is 5.86. The zero-order valence-electron chi connectivity index (χ0n) is 16.7. The summed E-state index contributed by atoms with van der Waals surface area (Å²) in [7, 11) is 0. The van der Waals surface area contributed by atoms with Gasteiger partial charge in [-0.3, -0.25) is 9.78 Å². The van der Waals surface area contributed by atoms with Gasteiger partial charge in [-0.15, -0.1) is 0 Å². The number of carbonyl (C=O) groups excluding carboxylic acids is 1. The van der Waals surface area contributed by atoms with E-state index in [2.05, 4.69) is 20.1 Å². The molecule has 1 aliphatic heterocycles. The Morgan fingerprint density at radius 3 is 2.77 bits per heavy atom. The molecule has 1 saturated carbocycles. The highest BCUT2D eigenvalue weighted by Gasteiger charge is 2.32. The fourth-order valence-corrected chi connectivity index (χ4v) is 3.93. The number of fused-ring (bicyclic) bond motifs is 1. The highest BCUT2D eigenvalue weighted by molar-refractivity contribution is 5.95. The standard InChI is InChI=1S/C21H19F3N6O/c1-11-4-5-29(20(31)13-6-16(12-2-3-12)25-8-15(13)22)9-14(11)18-7-17(19(23)24)28-21-26-10-27-30(18)21/h4,6-8,10,12,14,19H,2-3,5,9H2,1H3/t14-/m1/s1. The molecule has 5 rings (SSSR count). The molecule has 2 aliphatic rings. The van der Waals surface area contributed by atoms with Crippen molar-refractivity contribution >= 4 is 11.7 Å². The molecule has 0 saturated heterocycles. The summed E-state index contributed by atoms with van der Waals surface area (Å²) < 4.78 is 42.6. The monoisotopic (exact) mass is 428 g/mol. The highest BCUT2D eigenvalue weighted by Crippen LogP contribution is 2.39. The van der Waals surface area contributed by atoms with Gasteiger partial charge in [0.1, 0.15) is 12.0 Å². The summed E-state index contributed by atoms with van der Waals surface area (Å²) in [5.41, 5.74) is 1.67. The van der Waals surface area contributed by atoms with E-state index in [9.17, 15) is 18.0 Å². The van der Waals surface area contributed by atoms with Crippen LogP contribution >= 0.6 is 0 Å². The van der Waals surface area contributed by atoms with Gasteiger partial charge in [-0.1, -0.05) is 11.6 Å². The van der Waals surface area contributed by atoms with E-state index in [1.165, 1.54) is 27.9 Å². The molecule has 1 fully saturated rings. The van der Waals surface area contributed by atoms with Crippen LogP contribution in [-0.2, 0) is 0 Å². The molecule has 160 valence electrons. The molecular weight excluding hydrogens is 409 g/mol. The minimum Gasteiger partial charge on any atom is -0.334 e. The molecule has 0 radical (unpaired) electrons. The Balaban J connectivity index is 1.49. The van der Waals surface area contributed by atoms with Crippen molar-refractivity contribution < 1.29 is 18.0 Å².